The molecular weight excluding hydrogens is 468 g/mol. The Kier molecular flexibility index (Phi) is 14.1. The number of nitrogens with two attached hydrogens (primary N) is 3. The van der Waals surface area contributed by atoms with Crippen LogP contribution in [0.25, 0.3) is 0 Å². The van der Waals surface area contributed by atoms with Gasteiger partial charge < -0.3 is 43.4 Å². The van der Waals surface area contributed by atoms with Crippen LogP contribution in [-0.2, 0) is 25.6 Å². The van der Waals surface area contributed by atoms with Crippen molar-refractivity contribution in [2.75, 3.05) is 13.1 Å². The van der Waals surface area contributed by atoms with Gasteiger partial charge in [0.15, 0.2) is 0 Å². The van der Waals surface area contributed by atoms with E-state index in [0.717, 1.165) is 0 Å². The van der Waals surface area contributed by atoms with Crippen molar-refractivity contribution < 1.29 is 29.4 Å². The van der Waals surface area contributed by atoms with Gasteiger partial charge in [0.05, 0.1) is 6.04 Å². The Bertz CT molecular complexity index is 848. The van der Waals surface area contributed by atoms with Crippen molar-refractivity contribution in [2.24, 2.45) is 17.2 Å². The highest BCUT2D eigenvalue weighted by molar-refractivity contribution is 5.94. The molecule has 1 aromatic rings. The Hall–Kier alpha value is -3.22. The number of benzene rings is 1. The molecule has 1 aromatic carbocycles. The van der Waals surface area contributed by atoms with Gasteiger partial charge in [-0.05, 0) is 76.2 Å². The standard InChI is InChI=1S/C24H40N6O6/c1-15(27)21(32)28-18(6-2-4-12-25)22(33)30-20(14-16-8-10-17(31)11-9-16)23(34)29-19(24(35)36)7-3-5-13-26/h8-11,15,18-20,31H,2-7,12-14,25-27H2,1H3,(H,28,32)(H,29,34)(H,30,33)(H,35,36)/t15-,18-,19-,20-/m0/s1. The third-order valence-electron chi connectivity index (χ3n) is 5.56. The Morgan fingerprint density at radius 1 is 0.778 bits per heavy atom. The van der Waals surface area contributed by atoms with Gasteiger partial charge in [0.25, 0.3) is 0 Å². The number of aliphatic carboxylic acids is 1. The lowest BCUT2D eigenvalue weighted by Gasteiger charge is -2.25. The third kappa shape index (κ3) is 11.5. The number of nitrogens with one attached hydrogen (secondary N) is 3. The first-order valence-electron chi connectivity index (χ1n) is 12.2. The van der Waals surface area contributed by atoms with E-state index in [1.807, 2.05) is 0 Å². The van der Waals surface area contributed by atoms with Gasteiger partial charge in [-0.2, -0.15) is 0 Å². The molecule has 0 unspecified atom stereocenters. The first kappa shape index (κ1) is 30.8. The van der Waals surface area contributed by atoms with Crippen LogP contribution in [0.1, 0.15) is 51.0 Å². The lowest BCUT2D eigenvalue weighted by atomic mass is 10.0. The molecule has 12 heteroatoms. The van der Waals surface area contributed by atoms with Crippen molar-refractivity contribution in [2.45, 2.75) is 76.0 Å². The van der Waals surface area contributed by atoms with Crippen LogP contribution in [0.15, 0.2) is 24.3 Å². The minimum atomic E-state index is -1.20. The number of carbonyl (C=O) groups excluding carboxylic acids is 3. The van der Waals surface area contributed by atoms with Crippen molar-refractivity contribution in [3.8, 4) is 5.75 Å². The molecule has 202 valence electrons. The van der Waals surface area contributed by atoms with E-state index in [4.69, 9.17) is 17.2 Å². The summed E-state index contributed by atoms with van der Waals surface area (Å²) in [5, 5.41) is 26.8. The monoisotopic (exact) mass is 508 g/mol. The SMILES string of the molecule is C[C@H](N)C(=O)N[C@@H](CCCCN)C(=O)N[C@@H](Cc1ccc(O)cc1)C(=O)N[C@@H](CCCCN)C(=O)O. The molecule has 0 aliphatic heterocycles. The molecular formula is C24H40N6O6. The number of unbranched alkanes of at least 4 members (excludes halogenated alkanes) is 2. The summed E-state index contributed by atoms with van der Waals surface area (Å²) in [5.74, 6) is -2.97. The number of rotatable bonds is 17. The van der Waals surface area contributed by atoms with Crippen LogP contribution in [-0.4, -0.2) is 71.2 Å². The van der Waals surface area contributed by atoms with E-state index < -0.39 is 47.9 Å². The van der Waals surface area contributed by atoms with Gasteiger partial charge in [-0.3, -0.25) is 14.4 Å². The molecule has 12 nitrogen and oxygen atoms in total. The molecule has 3 amide bonds. The van der Waals surface area contributed by atoms with E-state index in [9.17, 15) is 29.4 Å². The summed E-state index contributed by atoms with van der Waals surface area (Å²) in [5.41, 5.74) is 17.3. The molecule has 4 atom stereocenters. The Morgan fingerprint density at radius 3 is 1.75 bits per heavy atom. The van der Waals surface area contributed by atoms with Gasteiger partial charge in [0.2, 0.25) is 17.7 Å². The molecule has 0 aromatic heterocycles. The maximum absolute atomic E-state index is 13.1. The zero-order chi connectivity index (χ0) is 27.1. The molecule has 0 spiro atoms. The maximum Gasteiger partial charge on any atom is 0.326 e. The highest BCUT2D eigenvalue weighted by atomic mass is 16.4. The van der Waals surface area contributed by atoms with E-state index in [0.29, 0.717) is 44.3 Å². The average molecular weight is 509 g/mol. The molecule has 0 bridgehead atoms. The number of phenols is 1. The Labute approximate surface area is 211 Å². The van der Waals surface area contributed by atoms with Gasteiger partial charge >= 0.3 is 5.97 Å². The van der Waals surface area contributed by atoms with Crippen LogP contribution < -0.4 is 33.2 Å². The van der Waals surface area contributed by atoms with Crippen molar-refractivity contribution in [3.63, 3.8) is 0 Å². The molecule has 36 heavy (non-hydrogen) atoms. The fraction of sp³-hybridized carbons (Fsp3) is 0.583. The van der Waals surface area contributed by atoms with Crippen LogP contribution in [0.3, 0.4) is 0 Å². The first-order chi connectivity index (χ1) is 17.1. The van der Waals surface area contributed by atoms with Gasteiger partial charge in [-0.15, -0.1) is 0 Å². The smallest absolute Gasteiger partial charge is 0.326 e. The van der Waals surface area contributed by atoms with Crippen LogP contribution in [0, 0.1) is 0 Å². The van der Waals surface area contributed by atoms with Crippen molar-refractivity contribution in [1.29, 1.82) is 0 Å². The van der Waals surface area contributed by atoms with E-state index in [2.05, 4.69) is 16.0 Å². The normalized spacial score (nSPS) is 14.2. The molecule has 0 radical (unpaired) electrons. The number of hydrogen-bond acceptors (Lipinski definition) is 8. The summed E-state index contributed by atoms with van der Waals surface area (Å²) in [6.45, 7) is 2.31. The number of amides is 3. The summed E-state index contributed by atoms with van der Waals surface area (Å²) in [7, 11) is 0. The fourth-order valence-corrected chi connectivity index (χ4v) is 3.44. The lowest BCUT2D eigenvalue weighted by molar-refractivity contribution is -0.142. The number of hydrogen-bond donors (Lipinski definition) is 8. The van der Waals surface area contributed by atoms with E-state index in [1.165, 1.54) is 19.1 Å². The largest absolute Gasteiger partial charge is 0.508 e. The van der Waals surface area contributed by atoms with Gasteiger partial charge in [0, 0.05) is 6.42 Å². The summed E-state index contributed by atoms with van der Waals surface area (Å²) < 4.78 is 0. The molecule has 0 saturated heterocycles. The topological polar surface area (TPSA) is 223 Å². The third-order valence-corrected chi connectivity index (χ3v) is 5.56. The summed E-state index contributed by atoms with van der Waals surface area (Å²) in [6, 6.07) is 1.99. The molecule has 1 rings (SSSR count). The zero-order valence-corrected chi connectivity index (χ0v) is 20.7. The highest BCUT2D eigenvalue weighted by Crippen LogP contribution is 2.13. The van der Waals surface area contributed by atoms with Crippen molar-refractivity contribution in [3.05, 3.63) is 29.8 Å². The minimum Gasteiger partial charge on any atom is -0.508 e. The molecule has 11 N–H and O–H groups in total. The van der Waals surface area contributed by atoms with Crippen LogP contribution in [0.5, 0.6) is 5.75 Å². The Morgan fingerprint density at radius 2 is 1.25 bits per heavy atom. The average Bonchev–Trinajstić information content (AvgIpc) is 2.83. The van der Waals surface area contributed by atoms with Crippen LogP contribution >= 0.6 is 0 Å². The maximum atomic E-state index is 13.1. The second-order valence-corrected chi connectivity index (χ2v) is 8.75. The fourth-order valence-electron chi connectivity index (χ4n) is 3.44. The Balaban J connectivity index is 3.09. The predicted molar refractivity (Wildman–Crippen MR) is 135 cm³/mol. The number of phenolic OH excluding ortho intramolecular Hbond substituents is 1. The van der Waals surface area contributed by atoms with Gasteiger partial charge in [0.1, 0.15) is 23.9 Å². The second kappa shape index (κ2) is 16.5. The highest BCUT2D eigenvalue weighted by Gasteiger charge is 2.30. The molecule has 0 fully saturated rings. The van der Waals surface area contributed by atoms with Crippen molar-refractivity contribution >= 4 is 23.7 Å². The number of carboxylic acid groups (broad SMARTS) is 1. The van der Waals surface area contributed by atoms with E-state index >= 15 is 0 Å². The van der Waals surface area contributed by atoms with Gasteiger partial charge in [-0.1, -0.05) is 12.1 Å². The quantitative estimate of drug-likeness (QED) is 0.122. The molecule has 0 heterocycles. The molecule has 0 aliphatic rings. The lowest BCUT2D eigenvalue weighted by Crippen LogP contribution is -2.57. The van der Waals surface area contributed by atoms with E-state index in [1.54, 1.807) is 12.1 Å². The second-order valence-electron chi connectivity index (χ2n) is 8.75. The summed E-state index contributed by atoms with van der Waals surface area (Å²) >= 11 is 0. The first-order valence-corrected chi connectivity index (χ1v) is 12.2. The summed E-state index contributed by atoms with van der Waals surface area (Å²) in [4.78, 5) is 50.1. The summed E-state index contributed by atoms with van der Waals surface area (Å²) in [6.07, 6.45) is 2.81. The number of aromatic hydroxyl groups is 1. The zero-order valence-electron chi connectivity index (χ0n) is 20.7. The predicted octanol–water partition coefficient (Wildman–Crippen LogP) is -0.921. The van der Waals surface area contributed by atoms with Crippen LogP contribution in [0.2, 0.25) is 0 Å². The number of carbonyl (C=O) groups is 4. The van der Waals surface area contributed by atoms with Crippen LogP contribution in [0.4, 0.5) is 0 Å². The van der Waals surface area contributed by atoms with E-state index in [-0.39, 0.29) is 25.0 Å². The van der Waals surface area contributed by atoms with Gasteiger partial charge in [-0.25, -0.2) is 4.79 Å². The minimum absolute atomic E-state index is 0.0315. The van der Waals surface area contributed by atoms with Crippen molar-refractivity contribution in [1.82, 2.24) is 16.0 Å². The molecule has 0 saturated carbocycles. The molecule has 0 aliphatic carbocycles. The number of carboxylic acids is 1.